The Balaban J connectivity index is 1.24. The summed E-state index contributed by atoms with van der Waals surface area (Å²) in [5.41, 5.74) is 3.08. The van der Waals surface area contributed by atoms with Crippen LogP contribution in [-0.2, 0) is 13.0 Å². The minimum absolute atomic E-state index is 0.122. The van der Waals surface area contributed by atoms with Crippen LogP contribution in [-0.4, -0.2) is 45.0 Å². The van der Waals surface area contributed by atoms with Crippen molar-refractivity contribution >= 4 is 5.91 Å². The second-order valence-electron chi connectivity index (χ2n) is 7.76. The van der Waals surface area contributed by atoms with E-state index in [1.165, 1.54) is 5.56 Å². The molecule has 29 heavy (non-hydrogen) atoms. The van der Waals surface area contributed by atoms with Crippen molar-refractivity contribution in [1.82, 2.24) is 19.4 Å². The number of ether oxygens (including phenoxy) is 1. The Labute approximate surface area is 170 Å². The first-order chi connectivity index (χ1) is 14.3. The van der Waals surface area contributed by atoms with Crippen LogP contribution >= 0.6 is 0 Å². The van der Waals surface area contributed by atoms with Crippen molar-refractivity contribution in [2.45, 2.75) is 31.7 Å². The maximum Gasteiger partial charge on any atom is 0.253 e. The van der Waals surface area contributed by atoms with E-state index in [1.807, 2.05) is 47.8 Å². The molecule has 0 unspecified atom stereocenters. The van der Waals surface area contributed by atoms with Crippen LogP contribution in [0.4, 0.5) is 0 Å². The molecule has 1 fully saturated rings. The van der Waals surface area contributed by atoms with Gasteiger partial charge in [-0.3, -0.25) is 9.78 Å². The van der Waals surface area contributed by atoms with Crippen molar-refractivity contribution in [3.05, 3.63) is 77.6 Å². The topological polar surface area (TPSA) is 60.2 Å². The highest BCUT2D eigenvalue weighted by Crippen LogP contribution is 2.30. The van der Waals surface area contributed by atoms with Gasteiger partial charge in [-0.25, -0.2) is 4.98 Å². The van der Waals surface area contributed by atoms with Crippen molar-refractivity contribution in [1.29, 1.82) is 0 Å². The molecule has 6 nitrogen and oxygen atoms in total. The van der Waals surface area contributed by atoms with E-state index in [0.29, 0.717) is 12.5 Å². The summed E-state index contributed by atoms with van der Waals surface area (Å²) >= 11 is 0. The van der Waals surface area contributed by atoms with E-state index < -0.39 is 0 Å². The molecular weight excluding hydrogens is 364 g/mol. The lowest BCUT2D eigenvalue weighted by molar-refractivity contribution is 0.0710. The fourth-order valence-electron chi connectivity index (χ4n) is 4.35. The molecule has 0 spiro atoms. The maximum absolute atomic E-state index is 13.0. The van der Waals surface area contributed by atoms with Crippen molar-refractivity contribution < 1.29 is 9.53 Å². The van der Waals surface area contributed by atoms with E-state index in [0.717, 1.165) is 61.6 Å². The molecule has 0 bridgehead atoms. The Morgan fingerprint density at radius 1 is 1.17 bits per heavy atom. The average Bonchev–Trinajstić information content (AvgIpc) is 3.43. The third kappa shape index (κ3) is 3.62. The molecule has 1 amide bonds. The Morgan fingerprint density at radius 2 is 2.07 bits per heavy atom. The largest absolute Gasteiger partial charge is 0.493 e. The van der Waals surface area contributed by atoms with Gasteiger partial charge in [-0.05, 0) is 48.2 Å². The molecule has 2 aromatic heterocycles. The molecular formula is C23H24N4O2. The maximum atomic E-state index is 13.0. The first-order valence-corrected chi connectivity index (χ1v) is 10.2. The molecule has 5 rings (SSSR count). The highest BCUT2D eigenvalue weighted by Gasteiger charge is 2.27. The third-order valence-corrected chi connectivity index (χ3v) is 5.91. The number of hydrogen-bond donors (Lipinski definition) is 0. The number of fused-ring (bicyclic) bond motifs is 1. The summed E-state index contributed by atoms with van der Waals surface area (Å²) in [6.07, 6.45) is 10.3. The Bertz CT molecular complexity index is 1010. The molecule has 6 heteroatoms. The number of carbonyl (C=O) groups is 1. The number of rotatable bonds is 4. The van der Waals surface area contributed by atoms with Gasteiger partial charge in [0.15, 0.2) is 0 Å². The van der Waals surface area contributed by atoms with Crippen LogP contribution in [0.1, 0.15) is 46.1 Å². The molecule has 2 aliphatic heterocycles. The molecule has 3 aromatic rings. The van der Waals surface area contributed by atoms with E-state index in [2.05, 4.69) is 20.6 Å². The van der Waals surface area contributed by atoms with E-state index in [1.54, 1.807) is 6.20 Å². The number of nitrogens with zero attached hydrogens (tertiary/aromatic N) is 4. The van der Waals surface area contributed by atoms with Gasteiger partial charge < -0.3 is 14.2 Å². The van der Waals surface area contributed by atoms with E-state index in [9.17, 15) is 4.79 Å². The van der Waals surface area contributed by atoms with Gasteiger partial charge in [0.2, 0.25) is 0 Å². The van der Waals surface area contributed by atoms with E-state index >= 15 is 0 Å². The standard InChI is InChI=1S/C23H24N4O2/c28-23(20-3-4-21-19(14-20)7-13-29-21)26-10-5-18(6-11-26)22-25-9-12-27(22)16-17-2-1-8-24-15-17/h1-4,8-9,12,14-15,18H,5-7,10-11,13,16H2. The van der Waals surface area contributed by atoms with Crippen LogP contribution in [0.25, 0.3) is 0 Å². The number of hydrogen-bond acceptors (Lipinski definition) is 4. The second kappa shape index (κ2) is 7.70. The van der Waals surface area contributed by atoms with E-state index in [4.69, 9.17) is 4.74 Å². The smallest absolute Gasteiger partial charge is 0.253 e. The summed E-state index contributed by atoms with van der Waals surface area (Å²) in [5, 5.41) is 0. The Hall–Kier alpha value is -3.15. The van der Waals surface area contributed by atoms with Crippen LogP contribution in [0.5, 0.6) is 5.75 Å². The van der Waals surface area contributed by atoms with Crippen molar-refractivity contribution in [2.24, 2.45) is 0 Å². The predicted molar refractivity (Wildman–Crippen MR) is 109 cm³/mol. The van der Waals surface area contributed by atoms with Crippen molar-refractivity contribution in [3.63, 3.8) is 0 Å². The Kier molecular flexibility index (Phi) is 4.76. The summed E-state index contributed by atoms with van der Waals surface area (Å²) < 4.78 is 7.76. The van der Waals surface area contributed by atoms with Gasteiger partial charge in [0, 0.05) is 55.8 Å². The summed E-state index contributed by atoms with van der Waals surface area (Å²) in [5.74, 6) is 2.52. The molecule has 0 radical (unpaired) electrons. The van der Waals surface area contributed by atoms with Crippen LogP contribution < -0.4 is 4.74 Å². The van der Waals surface area contributed by atoms with Gasteiger partial charge in [-0.2, -0.15) is 0 Å². The van der Waals surface area contributed by atoms with Crippen LogP contribution in [0.3, 0.4) is 0 Å². The zero-order chi connectivity index (χ0) is 19.6. The quantitative estimate of drug-likeness (QED) is 0.688. The summed E-state index contributed by atoms with van der Waals surface area (Å²) in [4.78, 5) is 23.8. The second-order valence-corrected chi connectivity index (χ2v) is 7.76. The van der Waals surface area contributed by atoms with Gasteiger partial charge in [0.05, 0.1) is 13.2 Å². The average molecular weight is 388 g/mol. The van der Waals surface area contributed by atoms with Gasteiger partial charge in [0.25, 0.3) is 5.91 Å². The summed E-state index contributed by atoms with van der Waals surface area (Å²) in [6.45, 7) is 3.01. The molecule has 0 saturated carbocycles. The van der Waals surface area contributed by atoms with Gasteiger partial charge >= 0.3 is 0 Å². The molecule has 0 N–H and O–H groups in total. The normalized spacial score (nSPS) is 16.5. The number of pyridine rings is 1. The fraction of sp³-hybridized carbons (Fsp3) is 0.348. The van der Waals surface area contributed by atoms with Gasteiger partial charge in [-0.15, -0.1) is 0 Å². The fourth-order valence-corrected chi connectivity index (χ4v) is 4.35. The first kappa shape index (κ1) is 17.9. The predicted octanol–water partition coefficient (Wildman–Crippen LogP) is 3.28. The minimum atomic E-state index is 0.122. The van der Waals surface area contributed by atoms with Crippen molar-refractivity contribution in [3.8, 4) is 5.75 Å². The van der Waals surface area contributed by atoms with Crippen molar-refractivity contribution in [2.75, 3.05) is 19.7 Å². The summed E-state index contributed by atoms with van der Waals surface area (Å²) in [7, 11) is 0. The number of piperidine rings is 1. The van der Waals surface area contributed by atoms with Gasteiger partial charge in [0.1, 0.15) is 11.6 Å². The minimum Gasteiger partial charge on any atom is -0.493 e. The Morgan fingerprint density at radius 3 is 2.90 bits per heavy atom. The third-order valence-electron chi connectivity index (χ3n) is 5.91. The summed E-state index contributed by atoms with van der Waals surface area (Å²) in [6, 6.07) is 9.86. The molecule has 0 atom stereocenters. The number of carbonyl (C=O) groups excluding carboxylic acids is 1. The molecule has 4 heterocycles. The zero-order valence-electron chi connectivity index (χ0n) is 16.3. The molecule has 2 aliphatic rings. The van der Waals surface area contributed by atoms with Crippen LogP contribution in [0.2, 0.25) is 0 Å². The highest BCUT2D eigenvalue weighted by molar-refractivity contribution is 5.94. The monoisotopic (exact) mass is 388 g/mol. The molecule has 1 saturated heterocycles. The lowest BCUT2D eigenvalue weighted by Crippen LogP contribution is -2.38. The zero-order valence-corrected chi connectivity index (χ0v) is 16.3. The van der Waals surface area contributed by atoms with Gasteiger partial charge in [-0.1, -0.05) is 6.07 Å². The lowest BCUT2D eigenvalue weighted by Gasteiger charge is -2.32. The first-order valence-electron chi connectivity index (χ1n) is 10.2. The highest BCUT2D eigenvalue weighted by atomic mass is 16.5. The lowest BCUT2D eigenvalue weighted by atomic mass is 9.95. The number of likely N-dealkylation sites (tertiary alicyclic amines) is 1. The number of aromatic nitrogens is 3. The molecule has 1 aromatic carbocycles. The number of benzene rings is 1. The molecule has 0 aliphatic carbocycles. The number of imidazole rings is 1. The van der Waals surface area contributed by atoms with Crippen LogP contribution in [0.15, 0.2) is 55.1 Å². The van der Waals surface area contributed by atoms with Crippen LogP contribution in [0, 0.1) is 0 Å². The SMILES string of the molecule is O=C(c1ccc2c(c1)CCO2)N1CCC(c2nccn2Cc2cccnc2)CC1. The van der Waals surface area contributed by atoms with E-state index in [-0.39, 0.29) is 5.91 Å². The molecule has 148 valence electrons. The number of amides is 1.